The molecule has 0 heterocycles. The van der Waals surface area contributed by atoms with Crippen molar-refractivity contribution in [1.82, 2.24) is 16.0 Å². The second-order valence-corrected chi connectivity index (χ2v) is 8.42. The number of hydrogen-bond donors (Lipinski definition) is 3. The minimum Gasteiger partial charge on any atom is -0.354 e. The number of nitrogens with zero attached hydrogens (tertiary/aromatic N) is 1. The first-order valence-corrected chi connectivity index (χ1v) is 10.7. The van der Waals surface area contributed by atoms with Gasteiger partial charge in [-0.05, 0) is 58.6 Å². The average molecular weight is 407 g/mol. The van der Waals surface area contributed by atoms with Crippen LogP contribution in [0.5, 0.6) is 0 Å². The van der Waals surface area contributed by atoms with E-state index in [1.807, 2.05) is 20.8 Å². The van der Waals surface area contributed by atoms with Crippen LogP contribution in [0.15, 0.2) is 23.2 Å². The maximum atomic E-state index is 14.0. The zero-order chi connectivity index (χ0) is 21.0. The molecule has 3 N–H and O–H groups in total. The van der Waals surface area contributed by atoms with Crippen molar-refractivity contribution >= 4 is 11.9 Å². The van der Waals surface area contributed by atoms with E-state index in [0.29, 0.717) is 18.9 Å². The van der Waals surface area contributed by atoms with Gasteiger partial charge in [0.2, 0.25) is 5.91 Å². The van der Waals surface area contributed by atoms with Crippen LogP contribution >= 0.6 is 0 Å². The lowest BCUT2D eigenvalue weighted by atomic mass is 9.85. The fourth-order valence-corrected chi connectivity index (χ4v) is 4.16. The Morgan fingerprint density at radius 1 is 1.17 bits per heavy atom. The van der Waals surface area contributed by atoms with Crippen LogP contribution in [0.4, 0.5) is 8.78 Å². The SMILES string of the molecule is CCN=C(NC1CCCC(C(=O)NC(C)C)C1)NC1CC1c1c(F)cccc1F. The average Bonchev–Trinajstić information content (AvgIpc) is 3.40. The van der Waals surface area contributed by atoms with Crippen LogP contribution < -0.4 is 16.0 Å². The summed E-state index contributed by atoms with van der Waals surface area (Å²) in [6.45, 7) is 6.49. The van der Waals surface area contributed by atoms with E-state index in [1.165, 1.54) is 18.2 Å². The normalized spacial score (nSPS) is 26.9. The molecule has 2 aliphatic rings. The van der Waals surface area contributed by atoms with Crippen molar-refractivity contribution in [3.05, 3.63) is 35.4 Å². The third-order valence-corrected chi connectivity index (χ3v) is 5.62. The van der Waals surface area contributed by atoms with E-state index in [9.17, 15) is 13.6 Å². The lowest BCUT2D eigenvalue weighted by Crippen LogP contribution is -2.48. The Morgan fingerprint density at radius 2 is 1.90 bits per heavy atom. The fourth-order valence-electron chi connectivity index (χ4n) is 4.16. The standard InChI is InChI=1S/C22H32F2N4O/c1-4-25-22(27-15-8-5-7-14(11-15)21(29)26-13(2)3)28-19-12-16(19)20-17(23)9-6-10-18(20)24/h6,9-10,13-16,19H,4-5,7-8,11-12H2,1-3H3,(H,26,29)(H2,25,27,28). The third kappa shape index (κ3) is 5.67. The van der Waals surface area contributed by atoms with Crippen LogP contribution in [0, 0.1) is 17.6 Å². The number of hydrogen-bond acceptors (Lipinski definition) is 2. The maximum Gasteiger partial charge on any atom is 0.223 e. The van der Waals surface area contributed by atoms with Crippen LogP contribution in [0.25, 0.3) is 0 Å². The highest BCUT2D eigenvalue weighted by Crippen LogP contribution is 2.43. The Bertz CT molecular complexity index is 732. The second kappa shape index (κ2) is 9.55. The molecular weight excluding hydrogens is 374 g/mol. The van der Waals surface area contributed by atoms with Crippen molar-refractivity contribution in [3.63, 3.8) is 0 Å². The Hall–Kier alpha value is -2.18. The molecule has 2 saturated carbocycles. The first-order valence-electron chi connectivity index (χ1n) is 10.7. The first kappa shape index (κ1) is 21.5. The Kier molecular flexibility index (Phi) is 7.09. The molecule has 0 aliphatic heterocycles. The fraction of sp³-hybridized carbons (Fsp3) is 0.636. The molecule has 1 aromatic rings. The number of benzene rings is 1. The van der Waals surface area contributed by atoms with Crippen molar-refractivity contribution < 1.29 is 13.6 Å². The van der Waals surface area contributed by atoms with E-state index in [4.69, 9.17) is 0 Å². The van der Waals surface area contributed by atoms with Crippen LogP contribution in [-0.4, -0.2) is 36.5 Å². The van der Waals surface area contributed by atoms with Gasteiger partial charge in [0.15, 0.2) is 5.96 Å². The van der Waals surface area contributed by atoms with Gasteiger partial charge in [0, 0.05) is 42.1 Å². The molecule has 3 rings (SSSR count). The summed E-state index contributed by atoms with van der Waals surface area (Å²) < 4.78 is 28.1. The molecule has 0 bridgehead atoms. The van der Waals surface area contributed by atoms with Crippen LogP contribution in [-0.2, 0) is 4.79 Å². The zero-order valence-electron chi connectivity index (χ0n) is 17.5. The highest BCUT2D eigenvalue weighted by molar-refractivity contribution is 5.82. The largest absolute Gasteiger partial charge is 0.354 e. The Labute approximate surface area is 171 Å². The molecule has 2 aliphatic carbocycles. The van der Waals surface area contributed by atoms with E-state index in [2.05, 4.69) is 20.9 Å². The number of carbonyl (C=O) groups is 1. The van der Waals surface area contributed by atoms with Gasteiger partial charge in [-0.1, -0.05) is 12.5 Å². The minimum atomic E-state index is -0.493. The van der Waals surface area contributed by atoms with Gasteiger partial charge in [-0.25, -0.2) is 8.78 Å². The van der Waals surface area contributed by atoms with Gasteiger partial charge in [-0.2, -0.15) is 0 Å². The molecule has 0 spiro atoms. The van der Waals surface area contributed by atoms with Crippen molar-refractivity contribution in [2.24, 2.45) is 10.9 Å². The molecule has 160 valence electrons. The third-order valence-electron chi connectivity index (χ3n) is 5.62. The number of amides is 1. The molecule has 29 heavy (non-hydrogen) atoms. The monoisotopic (exact) mass is 406 g/mol. The number of carbonyl (C=O) groups excluding carboxylic acids is 1. The van der Waals surface area contributed by atoms with Gasteiger partial charge in [-0.3, -0.25) is 9.79 Å². The molecule has 4 atom stereocenters. The van der Waals surface area contributed by atoms with Gasteiger partial charge >= 0.3 is 0 Å². The number of aliphatic imine (C=N–C) groups is 1. The number of rotatable bonds is 6. The summed E-state index contributed by atoms with van der Waals surface area (Å²) in [5, 5.41) is 9.77. The van der Waals surface area contributed by atoms with E-state index in [-0.39, 0.29) is 41.4 Å². The molecule has 1 aromatic carbocycles. The highest BCUT2D eigenvalue weighted by Gasteiger charge is 2.42. The van der Waals surface area contributed by atoms with Crippen molar-refractivity contribution in [3.8, 4) is 0 Å². The number of nitrogens with one attached hydrogen (secondary N) is 3. The Balaban J connectivity index is 1.57. The number of guanidine groups is 1. The minimum absolute atomic E-state index is 0.00714. The van der Waals surface area contributed by atoms with Crippen LogP contribution in [0.2, 0.25) is 0 Å². The summed E-state index contributed by atoms with van der Waals surface area (Å²) in [5.41, 5.74) is 0.156. The lowest BCUT2D eigenvalue weighted by molar-refractivity contribution is -0.126. The first-order chi connectivity index (χ1) is 13.9. The molecule has 2 fully saturated rings. The van der Waals surface area contributed by atoms with Gasteiger partial charge in [-0.15, -0.1) is 0 Å². The highest BCUT2D eigenvalue weighted by atomic mass is 19.1. The zero-order valence-corrected chi connectivity index (χ0v) is 17.5. The second-order valence-electron chi connectivity index (χ2n) is 8.42. The summed E-state index contributed by atoms with van der Waals surface area (Å²) in [5.74, 6) is -0.388. The van der Waals surface area contributed by atoms with E-state index >= 15 is 0 Å². The van der Waals surface area contributed by atoms with Crippen LogP contribution in [0.1, 0.15) is 64.4 Å². The summed E-state index contributed by atoms with van der Waals surface area (Å²) in [4.78, 5) is 16.9. The summed E-state index contributed by atoms with van der Waals surface area (Å²) in [6.07, 6.45) is 4.30. The van der Waals surface area contributed by atoms with Crippen molar-refractivity contribution in [1.29, 1.82) is 0 Å². The lowest BCUT2D eigenvalue weighted by Gasteiger charge is -2.30. The van der Waals surface area contributed by atoms with Crippen molar-refractivity contribution in [2.75, 3.05) is 6.54 Å². The molecule has 0 saturated heterocycles. The predicted molar refractivity (Wildman–Crippen MR) is 111 cm³/mol. The van der Waals surface area contributed by atoms with Crippen LogP contribution in [0.3, 0.4) is 0 Å². The molecule has 1 amide bonds. The molecule has 5 nitrogen and oxygen atoms in total. The summed E-state index contributed by atoms with van der Waals surface area (Å²) >= 11 is 0. The van der Waals surface area contributed by atoms with E-state index in [0.717, 1.165) is 25.7 Å². The molecular formula is C22H32F2N4O. The topological polar surface area (TPSA) is 65.5 Å². The Morgan fingerprint density at radius 3 is 2.55 bits per heavy atom. The maximum absolute atomic E-state index is 14.0. The smallest absolute Gasteiger partial charge is 0.223 e. The van der Waals surface area contributed by atoms with E-state index < -0.39 is 11.6 Å². The summed E-state index contributed by atoms with van der Waals surface area (Å²) in [7, 11) is 0. The van der Waals surface area contributed by atoms with Gasteiger partial charge < -0.3 is 16.0 Å². The van der Waals surface area contributed by atoms with Crippen molar-refractivity contribution in [2.45, 2.75) is 76.9 Å². The predicted octanol–water partition coefficient (Wildman–Crippen LogP) is 3.46. The molecule has 0 radical (unpaired) electrons. The van der Waals surface area contributed by atoms with Gasteiger partial charge in [0.1, 0.15) is 11.6 Å². The summed E-state index contributed by atoms with van der Waals surface area (Å²) in [6, 6.07) is 4.25. The molecule has 4 unspecified atom stereocenters. The molecule has 7 heteroatoms. The quantitative estimate of drug-likeness (QED) is 0.501. The molecule has 0 aromatic heterocycles. The van der Waals surface area contributed by atoms with Gasteiger partial charge in [0.05, 0.1) is 0 Å². The number of halogens is 2. The van der Waals surface area contributed by atoms with E-state index in [1.54, 1.807) is 0 Å². The van der Waals surface area contributed by atoms with Gasteiger partial charge in [0.25, 0.3) is 0 Å².